The third-order valence-corrected chi connectivity index (χ3v) is 3.74. The van der Waals surface area contributed by atoms with E-state index in [1.54, 1.807) is 12.3 Å². The van der Waals surface area contributed by atoms with Crippen LogP contribution >= 0.6 is 0 Å². The molecule has 4 heteroatoms. The van der Waals surface area contributed by atoms with Crippen LogP contribution in [0.2, 0.25) is 0 Å². The minimum Gasteiger partial charge on any atom is -0.342 e. The molecule has 2 aromatic rings. The summed E-state index contributed by atoms with van der Waals surface area (Å²) in [5, 5.41) is 3.10. The topological polar surface area (TPSA) is 62.0 Å². The number of H-pyrrole nitrogens is 1. The number of amides is 1. The maximum absolute atomic E-state index is 12.0. The Morgan fingerprint density at radius 2 is 1.86 bits per heavy atom. The van der Waals surface area contributed by atoms with Crippen LogP contribution in [0.3, 0.4) is 0 Å². The zero-order valence-corrected chi connectivity index (χ0v) is 12.3. The second kappa shape index (κ2) is 6.39. The van der Waals surface area contributed by atoms with Gasteiger partial charge >= 0.3 is 0 Å². The van der Waals surface area contributed by atoms with Gasteiger partial charge < -0.3 is 10.3 Å². The lowest BCUT2D eigenvalue weighted by molar-refractivity contribution is -0.122. The first kappa shape index (κ1) is 15.0. The Morgan fingerprint density at radius 1 is 1.14 bits per heavy atom. The summed E-state index contributed by atoms with van der Waals surface area (Å²) in [4.78, 5) is 26.3. The molecular weight excluding hydrogens is 264 g/mol. The van der Waals surface area contributed by atoms with Gasteiger partial charge in [-0.1, -0.05) is 44.2 Å². The van der Waals surface area contributed by atoms with Crippen molar-refractivity contribution in [2.75, 3.05) is 0 Å². The van der Waals surface area contributed by atoms with Crippen LogP contribution in [0, 0.1) is 0 Å². The maximum atomic E-state index is 12.0. The molecular formula is C17H20N2O2. The van der Waals surface area contributed by atoms with E-state index in [0.29, 0.717) is 12.8 Å². The Hall–Kier alpha value is -2.36. The first-order valence-corrected chi connectivity index (χ1v) is 7.18. The lowest BCUT2D eigenvalue weighted by Crippen LogP contribution is -2.46. The van der Waals surface area contributed by atoms with Crippen LogP contribution in [0.4, 0.5) is 0 Å². The molecule has 21 heavy (non-hydrogen) atoms. The smallest absolute Gasteiger partial charge is 0.248 e. The second-order valence-corrected chi connectivity index (χ2v) is 4.97. The highest BCUT2D eigenvalue weighted by Crippen LogP contribution is 2.32. The van der Waals surface area contributed by atoms with Crippen LogP contribution in [0.25, 0.3) is 0 Å². The minimum absolute atomic E-state index is 0.0408. The van der Waals surface area contributed by atoms with Gasteiger partial charge in [-0.15, -0.1) is 0 Å². The zero-order chi connectivity index (χ0) is 15.3. The van der Waals surface area contributed by atoms with Crippen LogP contribution < -0.4 is 10.9 Å². The molecule has 2 rings (SSSR count). The Labute approximate surface area is 124 Å². The van der Waals surface area contributed by atoms with Crippen molar-refractivity contribution in [2.45, 2.75) is 32.2 Å². The summed E-state index contributed by atoms with van der Waals surface area (Å²) >= 11 is 0. The average molecular weight is 284 g/mol. The van der Waals surface area contributed by atoms with E-state index in [2.05, 4.69) is 10.3 Å². The molecule has 1 amide bonds. The number of rotatable bonds is 5. The number of nitrogens with one attached hydrogen (secondary N) is 2. The molecule has 0 radical (unpaired) electrons. The summed E-state index contributed by atoms with van der Waals surface area (Å²) in [6.07, 6.45) is 2.67. The highest BCUT2D eigenvalue weighted by molar-refractivity contribution is 5.77. The molecule has 1 heterocycles. The van der Waals surface area contributed by atoms with Crippen molar-refractivity contribution in [3.05, 3.63) is 70.1 Å². The Morgan fingerprint density at radius 3 is 2.43 bits per heavy atom. The van der Waals surface area contributed by atoms with E-state index in [4.69, 9.17) is 0 Å². The summed E-state index contributed by atoms with van der Waals surface area (Å²) < 4.78 is 0. The van der Waals surface area contributed by atoms with Gasteiger partial charge in [0, 0.05) is 18.7 Å². The third-order valence-electron chi connectivity index (χ3n) is 3.74. The number of pyridine rings is 1. The van der Waals surface area contributed by atoms with Crippen LogP contribution in [0.1, 0.15) is 37.8 Å². The number of carbonyl (C=O) groups excluding carboxylic acids is 1. The van der Waals surface area contributed by atoms with Crippen molar-refractivity contribution in [3.8, 4) is 0 Å². The second-order valence-electron chi connectivity index (χ2n) is 4.97. The standard InChI is InChI=1S/C17H20N2O2/c1-3-15(20)19-17(4-2,13-8-6-5-7-9-13)14-10-11-18-16(21)12-14/h5-12H,3-4H2,1-2H3,(H,18,21)(H,19,20). The third kappa shape index (κ3) is 3.05. The van der Waals surface area contributed by atoms with Crippen molar-refractivity contribution >= 4 is 5.91 Å². The molecule has 2 N–H and O–H groups in total. The summed E-state index contributed by atoms with van der Waals surface area (Å²) in [6, 6.07) is 13.1. The van der Waals surface area contributed by atoms with Gasteiger partial charge in [-0.3, -0.25) is 9.59 Å². The van der Waals surface area contributed by atoms with E-state index in [1.165, 1.54) is 0 Å². The Kier molecular flexibility index (Phi) is 4.58. The number of aromatic amines is 1. The van der Waals surface area contributed by atoms with E-state index in [-0.39, 0.29) is 11.5 Å². The predicted molar refractivity (Wildman–Crippen MR) is 83.0 cm³/mol. The first-order valence-electron chi connectivity index (χ1n) is 7.18. The highest BCUT2D eigenvalue weighted by atomic mass is 16.1. The Balaban J connectivity index is 2.62. The molecule has 110 valence electrons. The molecule has 0 aliphatic rings. The number of benzene rings is 1. The molecule has 1 atom stereocenters. The molecule has 1 aromatic carbocycles. The van der Waals surface area contributed by atoms with E-state index >= 15 is 0 Å². The van der Waals surface area contributed by atoms with Gasteiger partial charge in [-0.2, -0.15) is 0 Å². The fourth-order valence-corrected chi connectivity index (χ4v) is 2.57. The van der Waals surface area contributed by atoms with Gasteiger partial charge in [0.1, 0.15) is 0 Å². The van der Waals surface area contributed by atoms with Gasteiger partial charge in [0.05, 0.1) is 5.54 Å². The molecule has 0 bridgehead atoms. The molecule has 0 fully saturated rings. The minimum atomic E-state index is -0.678. The van der Waals surface area contributed by atoms with Crippen molar-refractivity contribution in [1.82, 2.24) is 10.3 Å². The average Bonchev–Trinajstić information content (AvgIpc) is 2.53. The fourth-order valence-electron chi connectivity index (χ4n) is 2.57. The van der Waals surface area contributed by atoms with Crippen molar-refractivity contribution in [2.24, 2.45) is 0 Å². The molecule has 0 saturated carbocycles. The van der Waals surface area contributed by atoms with Crippen molar-refractivity contribution in [1.29, 1.82) is 0 Å². The van der Waals surface area contributed by atoms with Gasteiger partial charge in [0.25, 0.3) is 0 Å². The number of hydrogen-bond acceptors (Lipinski definition) is 2. The largest absolute Gasteiger partial charge is 0.342 e. The van der Waals surface area contributed by atoms with Crippen LogP contribution in [0.15, 0.2) is 53.5 Å². The number of carbonyl (C=O) groups is 1. The zero-order valence-electron chi connectivity index (χ0n) is 12.3. The van der Waals surface area contributed by atoms with Gasteiger partial charge in [0.2, 0.25) is 11.5 Å². The quantitative estimate of drug-likeness (QED) is 0.886. The fraction of sp³-hybridized carbons (Fsp3) is 0.294. The van der Waals surface area contributed by atoms with Crippen LogP contribution in [-0.2, 0) is 10.3 Å². The molecule has 0 spiro atoms. The molecule has 1 unspecified atom stereocenters. The first-order chi connectivity index (χ1) is 10.1. The molecule has 0 aliphatic heterocycles. The van der Waals surface area contributed by atoms with E-state index in [9.17, 15) is 9.59 Å². The monoisotopic (exact) mass is 284 g/mol. The van der Waals surface area contributed by atoms with Gasteiger partial charge in [-0.25, -0.2) is 0 Å². The van der Waals surface area contributed by atoms with Gasteiger partial charge in [0.15, 0.2) is 0 Å². The molecule has 4 nitrogen and oxygen atoms in total. The molecule has 1 aromatic heterocycles. The number of aromatic nitrogens is 1. The maximum Gasteiger partial charge on any atom is 0.248 e. The molecule has 0 aliphatic carbocycles. The van der Waals surface area contributed by atoms with Crippen molar-refractivity contribution in [3.63, 3.8) is 0 Å². The highest BCUT2D eigenvalue weighted by Gasteiger charge is 2.33. The van der Waals surface area contributed by atoms with Crippen molar-refractivity contribution < 1.29 is 4.79 Å². The normalized spacial score (nSPS) is 13.4. The van der Waals surface area contributed by atoms with E-state index in [1.807, 2.05) is 50.2 Å². The van der Waals surface area contributed by atoms with Gasteiger partial charge in [-0.05, 0) is 23.6 Å². The van der Waals surface area contributed by atoms with Crippen LogP contribution in [-0.4, -0.2) is 10.9 Å². The van der Waals surface area contributed by atoms with Crippen LogP contribution in [0.5, 0.6) is 0 Å². The summed E-state index contributed by atoms with van der Waals surface area (Å²) in [6.45, 7) is 3.82. The molecule has 0 saturated heterocycles. The SMILES string of the molecule is CCC(=O)NC(CC)(c1ccccc1)c1cc[nH]c(=O)c1. The number of hydrogen-bond donors (Lipinski definition) is 2. The van der Waals surface area contributed by atoms with E-state index < -0.39 is 5.54 Å². The lowest BCUT2D eigenvalue weighted by atomic mass is 9.80. The summed E-state index contributed by atoms with van der Waals surface area (Å²) in [7, 11) is 0. The van der Waals surface area contributed by atoms with E-state index in [0.717, 1.165) is 11.1 Å². The summed E-state index contributed by atoms with van der Waals surface area (Å²) in [5.74, 6) is -0.0408. The Bertz CT molecular complexity index is 664. The lowest BCUT2D eigenvalue weighted by Gasteiger charge is -2.35. The predicted octanol–water partition coefficient (Wildman–Crippen LogP) is 2.55. The summed E-state index contributed by atoms with van der Waals surface area (Å²) in [5.41, 5.74) is 0.913.